The third-order valence-electron chi connectivity index (χ3n) is 4.95. The maximum Gasteiger partial charge on any atom is 0.138 e. The van der Waals surface area contributed by atoms with Crippen LogP contribution in [0.3, 0.4) is 0 Å². The van der Waals surface area contributed by atoms with E-state index in [1.165, 1.54) is 54.5 Å². The van der Waals surface area contributed by atoms with E-state index < -0.39 is 0 Å². The molecule has 0 atom stereocenters. The maximum absolute atomic E-state index is 5.42. The van der Waals surface area contributed by atoms with Gasteiger partial charge in [0.15, 0.2) is 0 Å². The molecule has 1 aliphatic heterocycles. The minimum atomic E-state index is 0.913. The van der Waals surface area contributed by atoms with E-state index in [4.69, 9.17) is 4.74 Å². The highest BCUT2D eigenvalue weighted by atomic mass is 32.1. The number of morpholine rings is 1. The third-order valence-corrected chi connectivity index (χ3v) is 6.15. The molecule has 6 heteroatoms. The fourth-order valence-electron chi connectivity index (χ4n) is 3.68. The van der Waals surface area contributed by atoms with E-state index in [2.05, 4.69) is 15.3 Å². The quantitative estimate of drug-likeness (QED) is 0.810. The molecular formula is C17H25N4OS+. The first-order valence-corrected chi connectivity index (χ1v) is 9.64. The van der Waals surface area contributed by atoms with Crippen molar-refractivity contribution in [2.75, 3.05) is 44.7 Å². The van der Waals surface area contributed by atoms with Crippen LogP contribution in [-0.4, -0.2) is 49.4 Å². The van der Waals surface area contributed by atoms with Gasteiger partial charge in [-0.1, -0.05) is 0 Å². The van der Waals surface area contributed by atoms with Crippen LogP contribution >= 0.6 is 11.3 Å². The van der Waals surface area contributed by atoms with Crippen molar-refractivity contribution < 1.29 is 9.64 Å². The van der Waals surface area contributed by atoms with Crippen LogP contribution in [-0.2, 0) is 17.6 Å². The molecule has 0 bridgehead atoms. The second kappa shape index (κ2) is 7.11. The van der Waals surface area contributed by atoms with Crippen molar-refractivity contribution in [3.8, 4) is 0 Å². The zero-order valence-electron chi connectivity index (χ0n) is 13.6. The molecule has 2 aliphatic rings. The predicted molar refractivity (Wildman–Crippen MR) is 93.5 cm³/mol. The highest BCUT2D eigenvalue weighted by Crippen LogP contribution is 2.37. The average Bonchev–Trinajstić information content (AvgIpc) is 2.99. The van der Waals surface area contributed by atoms with Gasteiger partial charge in [0.25, 0.3) is 0 Å². The Labute approximate surface area is 141 Å². The van der Waals surface area contributed by atoms with Gasteiger partial charge in [-0.05, 0) is 31.2 Å². The van der Waals surface area contributed by atoms with E-state index in [0.717, 1.165) is 43.5 Å². The van der Waals surface area contributed by atoms with Crippen LogP contribution in [0.1, 0.15) is 29.7 Å². The van der Waals surface area contributed by atoms with Gasteiger partial charge in [0.1, 0.15) is 30.1 Å². The SMILES string of the molecule is c1nc(NCCC[NH+]2CCOCC2)c2c3c(sc2n1)CCCC3. The van der Waals surface area contributed by atoms with Gasteiger partial charge < -0.3 is 15.0 Å². The molecule has 0 amide bonds. The fraction of sp³-hybridized carbons (Fsp3) is 0.647. The Morgan fingerprint density at radius 1 is 1.17 bits per heavy atom. The molecule has 3 heterocycles. The molecule has 2 aromatic rings. The number of rotatable bonds is 5. The van der Waals surface area contributed by atoms with Gasteiger partial charge in [-0.25, -0.2) is 9.97 Å². The Morgan fingerprint density at radius 2 is 2.04 bits per heavy atom. The van der Waals surface area contributed by atoms with Crippen molar-refractivity contribution in [1.82, 2.24) is 9.97 Å². The first-order valence-electron chi connectivity index (χ1n) is 8.82. The van der Waals surface area contributed by atoms with Crippen molar-refractivity contribution in [3.63, 3.8) is 0 Å². The molecule has 0 spiro atoms. The molecule has 0 saturated carbocycles. The monoisotopic (exact) mass is 333 g/mol. The normalized spacial score (nSPS) is 19.0. The maximum atomic E-state index is 5.42. The Kier molecular flexibility index (Phi) is 4.73. The van der Waals surface area contributed by atoms with Gasteiger partial charge in [-0.15, -0.1) is 11.3 Å². The van der Waals surface area contributed by atoms with Gasteiger partial charge in [0.05, 0.1) is 25.1 Å². The summed E-state index contributed by atoms with van der Waals surface area (Å²) in [6, 6.07) is 0. The van der Waals surface area contributed by atoms with Crippen molar-refractivity contribution >= 4 is 27.4 Å². The van der Waals surface area contributed by atoms with Gasteiger partial charge >= 0.3 is 0 Å². The first kappa shape index (κ1) is 15.3. The van der Waals surface area contributed by atoms with Crippen LogP contribution in [0.2, 0.25) is 0 Å². The molecule has 124 valence electrons. The van der Waals surface area contributed by atoms with E-state index in [9.17, 15) is 0 Å². The van der Waals surface area contributed by atoms with Gasteiger partial charge in [-0.2, -0.15) is 0 Å². The molecule has 4 rings (SSSR count). The van der Waals surface area contributed by atoms with Gasteiger partial charge in [0.2, 0.25) is 0 Å². The highest BCUT2D eigenvalue weighted by molar-refractivity contribution is 7.19. The Hall–Kier alpha value is -1.24. The highest BCUT2D eigenvalue weighted by Gasteiger charge is 2.19. The molecule has 0 aromatic carbocycles. The number of hydrogen-bond donors (Lipinski definition) is 2. The molecule has 5 nitrogen and oxygen atoms in total. The van der Waals surface area contributed by atoms with Gasteiger partial charge in [0, 0.05) is 17.8 Å². The summed E-state index contributed by atoms with van der Waals surface area (Å²) in [4.78, 5) is 13.4. The fourth-order valence-corrected chi connectivity index (χ4v) is 4.91. The van der Waals surface area contributed by atoms with E-state index >= 15 is 0 Å². The van der Waals surface area contributed by atoms with Crippen LogP contribution < -0.4 is 10.2 Å². The smallest absolute Gasteiger partial charge is 0.138 e. The van der Waals surface area contributed by atoms with E-state index in [1.807, 2.05) is 11.3 Å². The second-order valence-electron chi connectivity index (χ2n) is 6.51. The number of thiophene rings is 1. The summed E-state index contributed by atoms with van der Waals surface area (Å²) in [5.41, 5.74) is 1.51. The summed E-state index contributed by atoms with van der Waals surface area (Å²) in [5, 5.41) is 4.87. The summed E-state index contributed by atoms with van der Waals surface area (Å²) in [7, 11) is 0. The number of aryl methyl sites for hydroxylation is 2. The minimum Gasteiger partial charge on any atom is -0.370 e. The zero-order chi connectivity index (χ0) is 15.5. The number of aromatic nitrogens is 2. The summed E-state index contributed by atoms with van der Waals surface area (Å²) < 4.78 is 5.42. The lowest BCUT2D eigenvalue weighted by molar-refractivity contribution is -0.908. The van der Waals surface area contributed by atoms with Crippen molar-refractivity contribution in [2.45, 2.75) is 32.1 Å². The lowest BCUT2D eigenvalue weighted by atomic mass is 9.97. The minimum absolute atomic E-state index is 0.913. The Morgan fingerprint density at radius 3 is 2.96 bits per heavy atom. The zero-order valence-corrected chi connectivity index (χ0v) is 14.4. The van der Waals surface area contributed by atoms with Crippen molar-refractivity contribution in [3.05, 3.63) is 16.8 Å². The molecule has 0 radical (unpaired) electrons. The van der Waals surface area contributed by atoms with E-state index in [0.29, 0.717) is 0 Å². The molecular weight excluding hydrogens is 308 g/mol. The standard InChI is InChI=1S/C17H24N4OS/c1-2-5-14-13(4-1)15-16(19-12-20-17(15)23-14)18-6-3-7-21-8-10-22-11-9-21/h12H,1-11H2,(H,18,19,20)/p+1. The number of nitrogens with one attached hydrogen (secondary N) is 2. The molecule has 0 unspecified atom stereocenters. The van der Waals surface area contributed by atoms with Crippen LogP contribution in [0.15, 0.2) is 6.33 Å². The predicted octanol–water partition coefficient (Wildman–Crippen LogP) is 1.29. The average molecular weight is 333 g/mol. The number of quaternary nitrogens is 1. The van der Waals surface area contributed by atoms with E-state index in [1.54, 1.807) is 11.2 Å². The first-order chi connectivity index (χ1) is 11.4. The Bertz CT molecular complexity index is 666. The van der Waals surface area contributed by atoms with Crippen LogP contribution in [0.5, 0.6) is 0 Å². The molecule has 1 aliphatic carbocycles. The molecule has 23 heavy (non-hydrogen) atoms. The molecule has 2 aromatic heterocycles. The van der Waals surface area contributed by atoms with Crippen molar-refractivity contribution in [1.29, 1.82) is 0 Å². The third kappa shape index (κ3) is 3.34. The summed E-state index contributed by atoms with van der Waals surface area (Å²) in [6.45, 7) is 6.33. The number of fused-ring (bicyclic) bond motifs is 3. The largest absolute Gasteiger partial charge is 0.370 e. The second-order valence-corrected chi connectivity index (χ2v) is 7.59. The number of anilines is 1. The Balaban J connectivity index is 1.41. The van der Waals surface area contributed by atoms with Gasteiger partial charge in [-0.3, -0.25) is 0 Å². The number of nitrogens with zero attached hydrogens (tertiary/aromatic N) is 2. The summed E-state index contributed by atoms with van der Waals surface area (Å²) >= 11 is 1.87. The van der Waals surface area contributed by atoms with Crippen LogP contribution in [0.25, 0.3) is 10.2 Å². The number of ether oxygens (including phenoxy) is 1. The summed E-state index contributed by atoms with van der Waals surface area (Å²) in [6.07, 6.45) is 7.91. The topological polar surface area (TPSA) is 51.5 Å². The lowest BCUT2D eigenvalue weighted by Crippen LogP contribution is -3.14. The summed E-state index contributed by atoms with van der Waals surface area (Å²) in [5.74, 6) is 1.05. The van der Waals surface area contributed by atoms with Crippen LogP contribution in [0.4, 0.5) is 5.82 Å². The number of hydrogen-bond acceptors (Lipinski definition) is 5. The van der Waals surface area contributed by atoms with Crippen LogP contribution in [0, 0.1) is 0 Å². The molecule has 1 fully saturated rings. The molecule has 1 saturated heterocycles. The molecule has 2 N–H and O–H groups in total. The van der Waals surface area contributed by atoms with Crippen molar-refractivity contribution in [2.24, 2.45) is 0 Å². The lowest BCUT2D eigenvalue weighted by Gasteiger charge is -2.23. The van der Waals surface area contributed by atoms with E-state index in [-0.39, 0.29) is 0 Å².